The smallest absolute Gasteiger partial charge is 0.134 e. The fraction of sp³-hybridized carbons (Fsp3) is 0.214. The molecule has 0 aliphatic carbocycles. The van der Waals surface area contributed by atoms with Gasteiger partial charge >= 0.3 is 0 Å². The van der Waals surface area contributed by atoms with Crippen LogP contribution in [0, 0.1) is 0 Å². The van der Waals surface area contributed by atoms with Gasteiger partial charge in [-0.2, -0.15) is 0 Å². The molecule has 0 unspecified atom stereocenters. The molecular weight excluding hydrogens is 232 g/mol. The molecule has 0 amide bonds. The number of nitrogens with two attached hydrogens (primary N) is 1. The fourth-order valence-corrected chi connectivity index (χ4v) is 2.11. The Labute approximate surface area is 106 Å². The van der Waals surface area contributed by atoms with Crippen LogP contribution in [-0.2, 0) is 0 Å². The van der Waals surface area contributed by atoms with E-state index in [1.165, 1.54) is 0 Å². The van der Waals surface area contributed by atoms with Crippen molar-refractivity contribution in [2.24, 2.45) is 5.73 Å². The summed E-state index contributed by atoms with van der Waals surface area (Å²) in [6.45, 7) is 3.69. The molecule has 0 aliphatic heterocycles. The average Bonchev–Trinajstić information content (AvgIpc) is 2.35. The summed E-state index contributed by atoms with van der Waals surface area (Å²) in [4.78, 5) is 4.36. The highest BCUT2D eigenvalue weighted by Gasteiger charge is 2.11. The molecular formula is C14H15ClN2. The van der Waals surface area contributed by atoms with Crippen molar-refractivity contribution >= 4 is 22.5 Å². The van der Waals surface area contributed by atoms with Crippen molar-refractivity contribution in [3.8, 4) is 0 Å². The number of hydrogen-bond acceptors (Lipinski definition) is 2. The van der Waals surface area contributed by atoms with Gasteiger partial charge in [0, 0.05) is 17.0 Å². The van der Waals surface area contributed by atoms with Gasteiger partial charge in [0.1, 0.15) is 5.15 Å². The first-order valence-corrected chi connectivity index (χ1v) is 6.02. The van der Waals surface area contributed by atoms with Crippen LogP contribution in [0.3, 0.4) is 0 Å². The van der Waals surface area contributed by atoms with E-state index < -0.39 is 0 Å². The Morgan fingerprint density at radius 3 is 2.94 bits per heavy atom. The Morgan fingerprint density at radius 1 is 1.41 bits per heavy atom. The molecule has 1 atom stereocenters. The predicted molar refractivity (Wildman–Crippen MR) is 73.1 cm³/mol. The largest absolute Gasteiger partial charge is 0.324 e. The lowest BCUT2D eigenvalue weighted by atomic mass is 10.0. The highest BCUT2D eigenvalue weighted by molar-refractivity contribution is 6.30. The first-order valence-electron chi connectivity index (χ1n) is 5.64. The summed E-state index contributed by atoms with van der Waals surface area (Å²) in [6, 6.07) is 9.83. The number of halogens is 1. The van der Waals surface area contributed by atoms with Crippen LogP contribution in [-0.4, -0.2) is 4.98 Å². The van der Waals surface area contributed by atoms with Crippen molar-refractivity contribution in [3.05, 3.63) is 53.7 Å². The maximum atomic E-state index is 6.16. The van der Waals surface area contributed by atoms with Gasteiger partial charge in [-0.1, -0.05) is 35.9 Å². The molecule has 3 heteroatoms. The number of fused-ring (bicyclic) bond motifs is 1. The Bertz CT molecular complexity index is 537. The Hall–Kier alpha value is -1.38. The normalized spacial score (nSPS) is 12.6. The SMILES string of the molecule is C=CCC[C@H](N)c1cc2ccccc2nc1Cl. The highest BCUT2D eigenvalue weighted by Crippen LogP contribution is 2.26. The summed E-state index contributed by atoms with van der Waals surface area (Å²) in [5.74, 6) is 0. The topological polar surface area (TPSA) is 38.9 Å². The molecule has 2 nitrogen and oxygen atoms in total. The van der Waals surface area contributed by atoms with E-state index in [-0.39, 0.29) is 6.04 Å². The zero-order chi connectivity index (χ0) is 12.3. The maximum absolute atomic E-state index is 6.16. The molecule has 0 saturated heterocycles. The molecule has 0 saturated carbocycles. The fourth-order valence-electron chi connectivity index (χ4n) is 1.82. The molecule has 1 aromatic carbocycles. The zero-order valence-corrected chi connectivity index (χ0v) is 10.3. The molecule has 0 spiro atoms. The third-order valence-electron chi connectivity index (χ3n) is 2.79. The second-order valence-electron chi connectivity index (χ2n) is 4.03. The van der Waals surface area contributed by atoms with E-state index in [1.807, 2.05) is 36.4 Å². The van der Waals surface area contributed by atoms with Crippen molar-refractivity contribution in [1.29, 1.82) is 0 Å². The van der Waals surface area contributed by atoms with E-state index in [9.17, 15) is 0 Å². The third-order valence-corrected chi connectivity index (χ3v) is 3.09. The standard InChI is InChI=1S/C14H15ClN2/c1-2-3-7-12(16)11-9-10-6-4-5-8-13(10)17-14(11)15/h2,4-6,8-9,12H,1,3,7,16H2/t12-/m0/s1. The van der Waals surface area contributed by atoms with Gasteiger partial charge in [-0.15, -0.1) is 6.58 Å². The first-order chi connectivity index (χ1) is 8.22. The van der Waals surface area contributed by atoms with Crippen molar-refractivity contribution in [1.82, 2.24) is 4.98 Å². The van der Waals surface area contributed by atoms with Gasteiger partial charge < -0.3 is 5.73 Å². The molecule has 1 heterocycles. The van der Waals surface area contributed by atoms with Crippen molar-refractivity contribution in [3.63, 3.8) is 0 Å². The van der Waals surface area contributed by atoms with E-state index in [4.69, 9.17) is 17.3 Å². The van der Waals surface area contributed by atoms with Crippen LogP contribution < -0.4 is 5.73 Å². The van der Waals surface area contributed by atoms with E-state index in [0.717, 1.165) is 29.3 Å². The number of hydrogen-bond donors (Lipinski definition) is 1. The highest BCUT2D eigenvalue weighted by atomic mass is 35.5. The third kappa shape index (κ3) is 2.65. The average molecular weight is 247 g/mol. The minimum absolute atomic E-state index is 0.0855. The molecule has 0 aliphatic rings. The predicted octanol–water partition coefficient (Wildman–Crippen LogP) is 3.85. The summed E-state index contributed by atoms with van der Waals surface area (Å²) in [6.07, 6.45) is 3.58. The Balaban J connectivity index is 2.39. The van der Waals surface area contributed by atoms with E-state index in [2.05, 4.69) is 11.6 Å². The van der Waals surface area contributed by atoms with Crippen LogP contribution in [0.2, 0.25) is 5.15 Å². The lowest BCUT2D eigenvalue weighted by molar-refractivity contribution is 0.660. The minimum Gasteiger partial charge on any atom is -0.324 e. The van der Waals surface area contributed by atoms with Gasteiger partial charge in [0.15, 0.2) is 0 Å². The van der Waals surface area contributed by atoms with Gasteiger partial charge in [-0.25, -0.2) is 4.98 Å². The van der Waals surface area contributed by atoms with E-state index in [1.54, 1.807) is 0 Å². The second-order valence-corrected chi connectivity index (χ2v) is 4.39. The van der Waals surface area contributed by atoms with E-state index >= 15 is 0 Å². The van der Waals surface area contributed by atoms with Gasteiger partial charge in [-0.3, -0.25) is 0 Å². The quantitative estimate of drug-likeness (QED) is 0.657. The number of pyridine rings is 1. The van der Waals surface area contributed by atoms with Gasteiger partial charge in [-0.05, 0) is 25.0 Å². The van der Waals surface area contributed by atoms with Crippen molar-refractivity contribution in [2.45, 2.75) is 18.9 Å². The molecule has 1 aromatic heterocycles. The Kier molecular flexibility index (Phi) is 3.77. The second kappa shape index (κ2) is 5.30. The van der Waals surface area contributed by atoms with Crippen LogP contribution in [0.15, 0.2) is 43.0 Å². The van der Waals surface area contributed by atoms with Gasteiger partial charge in [0.05, 0.1) is 5.52 Å². The number of benzene rings is 1. The van der Waals surface area contributed by atoms with Crippen LogP contribution >= 0.6 is 11.6 Å². The monoisotopic (exact) mass is 246 g/mol. The molecule has 0 radical (unpaired) electrons. The molecule has 88 valence electrons. The summed E-state index contributed by atoms with van der Waals surface area (Å²) in [5, 5.41) is 1.57. The minimum atomic E-state index is -0.0855. The number of para-hydroxylation sites is 1. The van der Waals surface area contributed by atoms with Crippen LogP contribution in [0.1, 0.15) is 24.4 Å². The lowest BCUT2D eigenvalue weighted by Gasteiger charge is -2.13. The van der Waals surface area contributed by atoms with Crippen molar-refractivity contribution in [2.75, 3.05) is 0 Å². The number of aromatic nitrogens is 1. The van der Waals surface area contributed by atoms with Gasteiger partial charge in [0.2, 0.25) is 0 Å². The molecule has 2 aromatic rings. The van der Waals surface area contributed by atoms with E-state index in [0.29, 0.717) is 5.15 Å². The van der Waals surface area contributed by atoms with Crippen molar-refractivity contribution < 1.29 is 0 Å². The first kappa shape index (κ1) is 12.1. The van der Waals surface area contributed by atoms with Crippen LogP contribution in [0.5, 0.6) is 0 Å². The Morgan fingerprint density at radius 2 is 2.18 bits per heavy atom. The summed E-state index contributed by atoms with van der Waals surface area (Å²) < 4.78 is 0. The molecule has 0 bridgehead atoms. The lowest BCUT2D eigenvalue weighted by Crippen LogP contribution is -2.11. The van der Waals surface area contributed by atoms with Gasteiger partial charge in [0.25, 0.3) is 0 Å². The molecule has 0 fully saturated rings. The molecule has 17 heavy (non-hydrogen) atoms. The summed E-state index contributed by atoms with van der Waals surface area (Å²) in [7, 11) is 0. The zero-order valence-electron chi connectivity index (χ0n) is 9.57. The van der Waals surface area contributed by atoms with Crippen LogP contribution in [0.4, 0.5) is 0 Å². The van der Waals surface area contributed by atoms with Crippen LogP contribution in [0.25, 0.3) is 10.9 Å². The molecule has 2 N–H and O–H groups in total. The number of allylic oxidation sites excluding steroid dienone is 1. The molecule has 2 rings (SSSR count). The number of rotatable bonds is 4. The maximum Gasteiger partial charge on any atom is 0.134 e. The number of nitrogens with zero attached hydrogens (tertiary/aromatic N) is 1. The summed E-state index contributed by atoms with van der Waals surface area (Å²) >= 11 is 6.16. The summed E-state index contributed by atoms with van der Waals surface area (Å²) in [5.41, 5.74) is 7.91.